The quantitative estimate of drug-likeness (QED) is 0.668. The Labute approximate surface area is 133 Å². The highest BCUT2D eigenvalue weighted by atomic mass is 79.9. The summed E-state index contributed by atoms with van der Waals surface area (Å²) in [6.45, 7) is 7.62. The molecule has 1 aromatic heterocycles. The molecule has 0 fully saturated rings. The zero-order chi connectivity index (χ0) is 15.6. The van der Waals surface area contributed by atoms with Gasteiger partial charge in [0.25, 0.3) is 0 Å². The van der Waals surface area contributed by atoms with E-state index in [1.165, 1.54) is 12.5 Å². The highest BCUT2D eigenvalue weighted by Crippen LogP contribution is 2.30. The van der Waals surface area contributed by atoms with E-state index < -0.39 is 0 Å². The van der Waals surface area contributed by atoms with E-state index in [0.29, 0.717) is 0 Å². The first-order valence-electron chi connectivity index (χ1n) is 6.66. The van der Waals surface area contributed by atoms with Crippen LogP contribution in [0.1, 0.15) is 29.4 Å². The normalized spacial score (nSPS) is 11.1. The summed E-state index contributed by atoms with van der Waals surface area (Å²) in [7, 11) is 0. The van der Waals surface area contributed by atoms with Crippen LogP contribution in [0.25, 0.3) is 5.69 Å². The van der Waals surface area contributed by atoms with E-state index in [1.807, 2.05) is 19.1 Å². The summed E-state index contributed by atoms with van der Waals surface area (Å²) in [5.74, 6) is -0.185. The van der Waals surface area contributed by atoms with Crippen molar-refractivity contribution in [2.24, 2.45) is 5.10 Å². The summed E-state index contributed by atoms with van der Waals surface area (Å²) in [6, 6.07) is 8.24. The molecule has 0 aliphatic heterocycles. The highest BCUT2D eigenvalue weighted by Gasteiger charge is 2.16. The van der Waals surface area contributed by atoms with E-state index in [9.17, 15) is 4.79 Å². The molecule has 0 radical (unpaired) electrons. The topological polar surface area (TPSA) is 46.4 Å². The van der Waals surface area contributed by atoms with E-state index in [0.717, 1.165) is 27.1 Å². The maximum Gasteiger partial charge on any atom is 0.236 e. The second-order valence-electron chi connectivity index (χ2n) is 4.95. The van der Waals surface area contributed by atoms with Crippen LogP contribution in [0.3, 0.4) is 0 Å². The Hall–Kier alpha value is -1.88. The summed E-state index contributed by atoms with van der Waals surface area (Å²) in [4.78, 5) is 10.9. The zero-order valence-corrected chi connectivity index (χ0v) is 14.2. The fourth-order valence-electron chi connectivity index (χ4n) is 2.34. The number of benzene rings is 1. The molecule has 0 aliphatic rings. The number of carbonyl (C=O) groups is 1. The lowest BCUT2D eigenvalue weighted by atomic mass is 10.2. The summed E-state index contributed by atoms with van der Waals surface area (Å²) in [5, 5.41) is 3.97. The smallest absolute Gasteiger partial charge is 0.236 e. The van der Waals surface area contributed by atoms with Gasteiger partial charge in [0, 0.05) is 34.0 Å². The van der Waals surface area contributed by atoms with Crippen molar-refractivity contribution in [3.05, 3.63) is 51.3 Å². The standard InChI is InChI=1S/C16H18BrN3O/c1-10-7-5-6-8-15(10)20-11(2)14(16(17)12(20)3)9-18-19-13(4)21/h5-9H,1-4H3,(H,19,21)/b18-9-. The second-order valence-corrected chi connectivity index (χ2v) is 5.74. The van der Waals surface area contributed by atoms with Gasteiger partial charge in [-0.2, -0.15) is 5.10 Å². The average molecular weight is 348 g/mol. The number of aromatic nitrogens is 1. The van der Waals surface area contributed by atoms with E-state index in [-0.39, 0.29) is 5.91 Å². The lowest BCUT2D eigenvalue weighted by molar-refractivity contribution is -0.118. The molecule has 0 atom stereocenters. The van der Waals surface area contributed by atoms with Crippen molar-refractivity contribution in [3.63, 3.8) is 0 Å². The Morgan fingerprint density at radius 1 is 1.24 bits per heavy atom. The van der Waals surface area contributed by atoms with Crippen LogP contribution in [0.5, 0.6) is 0 Å². The van der Waals surface area contributed by atoms with Crippen molar-refractivity contribution in [2.45, 2.75) is 27.7 Å². The molecule has 0 unspecified atom stereocenters. The van der Waals surface area contributed by atoms with Crippen molar-refractivity contribution in [2.75, 3.05) is 0 Å². The van der Waals surface area contributed by atoms with Gasteiger partial charge in [0.1, 0.15) is 0 Å². The van der Waals surface area contributed by atoms with Crippen LogP contribution in [0.4, 0.5) is 0 Å². The van der Waals surface area contributed by atoms with Crippen molar-refractivity contribution >= 4 is 28.1 Å². The number of hydrogen-bond donors (Lipinski definition) is 1. The predicted molar refractivity (Wildman–Crippen MR) is 89.1 cm³/mol. The number of nitrogens with one attached hydrogen (secondary N) is 1. The first-order valence-corrected chi connectivity index (χ1v) is 7.45. The van der Waals surface area contributed by atoms with Gasteiger partial charge in [-0.05, 0) is 48.3 Å². The molecule has 0 aliphatic carbocycles. The summed E-state index contributed by atoms with van der Waals surface area (Å²) in [5.41, 5.74) is 7.92. The molecular formula is C16H18BrN3O. The van der Waals surface area contributed by atoms with Gasteiger partial charge in [0.05, 0.1) is 6.21 Å². The molecule has 1 aromatic carbocycles. The van der Waals surface area contributed by atoms with Gasteiger partial charge in [-0.1, -0.05) is 18.2 Å². The fraction of sp³-hybridized carbons (Fsp3) is 0.250. The summed E-state index contributed by atoms with van der Waals surface area (Å²) in [6.07, 6.45) is 1.67. The van der Waals surface area contributed by atoms with Gasteiger partial charge < -0.3 is 4.57 Å². The van der Waals surface area contributed by atoms with Crippen LogP contribution in [-0.4, -0.2) is 16.7 Å². The summed E-state index contributed by atoms with van der Waals surface area (Å²) >= 11 is 3.62. The van der Waals surface area contributed by atoms with Crippen molar-refractivity contribution < 1.29 is 4.79 Å². The van der Waals surface area contributed by atoms with Gasteiger partial charge in [0.15, 0.2) is 0 Å². The number of amides is 1. The minimum absolute atomic E-state index is 0.185. The number of carbonyl (C=O) groups excluding carboxylic acids is 1. The van der Waals surface area contributed by atoms with Crippen LogP contribution in [0, 0.1) is 20.8 Å². The van der Waals surface area contributed by atoms with Gasteiger partial charge >= 0.3 is 0 Å². The molecule has 2 aromatic rings. The minimum atomic E-state index is -0.185. The number of nitrogens with zero attached hydrogens (tertiary/aromatic N) is 2. The number of para-hydroxylation sites is 1. The second kappa shape index (κ2) is 6.26. The first kappa shape index (κ1) is 15.5. The minimum Gasteiger partial charge on any atom is -0.316 e. The molecule has 0 saturated heterocycles. The SMILES string of the molecule is CC(=O)N/N=C\c1c(Br)c(C)n(-c2ccccc2C)c1C. The molecule has 0 bridgehead atoms. The van der Waals surface area contributed by atoms with Crippen molar-refractivity contribution in [1.29, 1.82) is 0 Å². The van der Waals surface area contributed by atoms with E-state index >= 15 is 0 Å². The van der Waals surface area contributed by atoms with Crippen LogP contribution >= 0.6 is 15.9 Å². The maximum atomic E-state index is 10.9. The molecule has 5 heteroatoms. The van der Waals surface area contributed by atoms with Crippen molar-refractivity contribution in [1.82, 2.24) is 9.99 Å². The predicted octanol–water partition coefficient (Wildman–Crippen LogP) is 3.64. The van der Waals surface area contributed by atoms with E-state index in [4.69, 9.17) is 0 Å². The van der Waals surface area contributed by atoms with Gasteiger partial charge in [0.2, 0.25) is 5.91 Å². The Balaban J connectivity index is 2.53. The van der Waals surface area contributed by atoms with E-state index in [1.54, 1.807) is 6.21 Å². The Kier molecular flexibility index (Phi) is 4.63. The molecule has 2 rings (SSSR count). The summed E-state index contributed by atoms with van der Waals surface area (Å²) < 4.78 is 3.17. The maximum absolute atomic E-state index is 10.9. The molecule has 110 valence electrons. The molecule has 0 spiro atoms. The number of aryl methyl sites for hydroxylation is 1. The Morgan fingerprint density at radius 2 is 1.90 bits per heavy atom. The largest absolute Gasteiger partial charge is 0.316 e. The number of hydrogen-bond acceptors (Lipinski definition) is 2. The molecule has 0 saturated carbocycles. The Bertz CT molecular complexity index is 717. The van der Waals surface area contributed by atoms with Gasteiger partial charge in [-0.15, -0.1) is 0 Å². The Morgan fingerprint density at radius 3 is 2.52 bits per heavy atom. The first-order chi connectivity index (χ1) is 9.93. The lowest BCUT2D eigenvalue weighted by Crippen LogP contribution is -2.12. The third-order valence-electron chi connectivity index (χ3n) is 3.39. The van der Waals surface area contributed by atoms with Gasteiger partial charge in [-0.3, -0.25) is 4.79 Å². The fourth-order valence-corrected chi connectivity index (χ4v) is 2.90. The molecule has 1 heterocycles. The molecule has 1 amide bonds. The lowest BCUT2D eigenvalue weighted by Gasteiger charge is -2.12. The zero-order valence-electron chi connectivity index (χ0n) is 12.6. The average Bonchev–Trinajstić information content (AvgIpc) is 2.63. The molecule has 1 N–H and O–H groups in total. The van der Waals surface area contributed by atoms with Crippen LogP contribution in [-0.2, 0) is 4.79 Å². The third-order valence-corrected chi connectivity index (χ3v) is 4.39. The molecular weight excluding hydrogens is 330 g/mol. The van der Waals surface area contributed by atoms with Gasteiger partial charge in [-0.25, -0.2) is 5.43 Å². The highest BCUT2D eigenvalue weighted by molar-refractivity contribution is 9.10. The number of hydrazone groups is 1. The molecule has 21 heavy (non-hydrogen) atoms. The van der Waals surface area contributed by atoms with Crippen molar-refractivity contribution in [3.8, 4) is 5.69 Å². The van der Waals surface area contributed by atoms with E-state index in [2.05, 4.69) is 57.0 Å². The molecule has 4 nitrogen and oxygen atoms in total. The third kappa shape index (κ3) is 3.08. The number of halogens is 1. The van der Waals surface area contributed by atoms with Crippen LogP contribution < -0.4 is 5.43 Å². The van der Waals surface area contributed by atoms with Crippen LogP contribution in [0.15, 0.2) is 33.8 Å². The monoisotopic (exact) mass is 347 g/mol. The number of rotatable bonds is 3. The van der Waals surface area contributed by atoms with Crippen LogP contribution in [0.2, 0.25) is 0 Å².